The van der Waals surface area contributed by atoms with E-state index in [2.05, 4.69) is 23.5 Å². The molecule has 0 atom stereocenters. The Balaban J connectivity index is 2.61. The van der Waals surface area contributed by atoms with Crippen molar-refractivity contribution < 1.29 is 0 Å². The van der Waals surface area contributed by atoms with E-state index < -0.39 is 0 Å². The molecule has 0 amide bonds. The molecule has 0 saturated carbocycles. The third-order valence-electron chi connectivity index (χ3n) is 2.37. The van der Waals surface area contributed by atoms with Crippen molar-refractivity contribution >= 4 is 11.3 Å². The first-order valence-electron chi connectivity index (χ1n) is 4.50. The minimum atomic E-state index is 0.495. The van der Waals surface area contributed by atoms with E-state index in [-0.39, 0.29) is 0 Å². The lowest BCUT2D eigenvalue weighted by Crippen LogP contribution is -1.99. The number of aromatic nitrogens is 2. The van der Waals surface area contributed by atoms with E-state index in [0.717, 1.165) is 5.69 Å². The van der Waals surface area contributed by atoms with Gasteiger partial charge in [0, 0.05) is 29.7 Å². The van der Waals surface area contributed by atoms with Crippen LogP contribution in [-0.4, -0.2) is 9.78 Å². The SMILES string of the molecule is Cc1c(-c2cccs2)c(CN)nn1C. The maximum Gasteiger partial charge on any atom is 0.0849 e. The molecule has 2 aromatic rings. The minimum Gasteiger partial charge on any atom is -0.325 e. The van der Waals surface area contributed by atoms with E-state index in [4.69, 9.17) is 5.73 Å². The first-order valence-corrected chi connectivity index (χ1v) is 5.38. The molecule has 2 N–H and O–H groups in total. The van der Waals surface area contributed by atoms with Crippen molar-refractivity contribution in [1.82, 2.24) is 9.78 Å². The Kier molecular flexibility index (Phi) is 2.39. The summed E-state index contributed by atoms with van der Waals surface area (Å²) in [4.78, 5) is 1.25. The number of nitrogens with zero attached hydrogens (tertiary/aromatic N) is 2. The molecule has 3 nitrogen and oxygen atoms in total. The molecule has 0 unspecified atom stereocenters. The van der Waals surface area contributed by atoms with Gasteiger partial charge in [-0.15, -0.1) is 11.3 Å². The first kappa shape index (κ1) is 9.43. The van der Waals surface area contributed by atoms with Crippen molar-refractivity contribution in [1.29, 1.82) is 0 Å². The molecule has 0 aliphatic carbocycles. The van der Waals surface area contributed by atoms with Crippen LogP contribution in [0, 0.1) is 6.92 Å². The molecule has 0 radical (unpaired) electrons. The summed E-state index contributed by atoms with van der Waals surface area (Å²) in [7, 11) is 1.95. The molecule has 74 valence electrons. The van der Waals surface area contributed by atoms with Gasteiger partial charge in [0.15, 0.2) is 0 Å². The molecule has 0 saturated heterocycles. The van der Waals surface area contributed by atoms with E-state index in [1.807, 2.05) is 17.8 Å². The topological polar surface area (TPSA) is 43.8 Å². The fourth-order valence-electron chi connectivity index (χ4n) is 1.56. The summed E-state index contributed by atoms with van der Waals surface area (Å²) in [5, 5.41) is 6.45. The highest BCUT2D eigenvalue weighted by Gasteiger charge is 2.13. The van der Waals surface area contributed by atoms with E-state index in [1.165, 1.54) is 16.1 Å². The fourth-order valence-corrected chi connectivity index (χ4v) is 2.41. The lowest BCUT2D eigenvalue weighted by atomic mass is 10.1. The van der Waals surface area contributed by atoms with Crippen molar-refractivity contribution in [2.75, 3.05) is 0 Å². The van der Waals surface area contributed by atoms with E-state index >= 15 is 0 Å². The zero-order valence-electron chi connectivity index (χ0n) is 8.32. The Morgan fingerprint density at radius 3 is 2.93 bits per heavy atom. The van der Waals surface area contributed by atoms with Gasteiger partial charge < -0.3 is 5.73 Å². The quantitative estimate of drug-likeness (QED) is 0.817. The zero-order chi connectivity index (χ0) is 10.1. The van der Waals surface area contributed by atoms with Crippen LogP contribution in [0.2, 0.25) is 0 Å². The number of hydrogen-bond donors (Lipinski definition) is 1. The van der Waals surface area contributed by atoms with Crippen LogP contribution in [0.4, 0.5) is 0 Å². The molecule has 2 rings (SSSR count). The summed E-state index contributed by atoms with van der Waals surface area (Å²) < 4.78 is 1.89. The summed E-state index contributed by atoms with van der Waals surface area (Å²) in [6.45, 7) is 2.57. The van der Waals surface area contributed by atoms with Gasteiger partial charge in [0.05, 0.1) is 5.69 Å². The van der Waals surface area contributed by atoms with Gasteiger partial charge in [0.25, 0.3) is 0 Å². The number of rotatable bonds is 2. The van der Waals surface area contributed by atoms with Crippen LogP contribution in [0.1, 0.15) is 11.4 Å². The zero-order valence-corrected chi connectivity index (χ0v) is 9.14. The number of thiophene rings is 1. The molecule has 0 aliphatic heterocycles. The van der Waals surface area contributed by atoms with E-state index in [1.54, 1.807) is 11.3 Å². The van der Waals surface area contributed by atoms with Gasteiger partial charge in [-0.05, 0) is 18.4 Å². The molecule has 14 heavy (non-hydrogen) atoms. The maximum atomic E-state index is 5.67. The van der Waals surface area contributed by atoms with Crippen LogP contribution in [0.3, 0.4) is 0 Å². The van der Waals surface area contributed by atoms with Crippen molar-refractivity contribution in [3.8, 4) is 10.4 Å². The highest BCUT2D eigenvalue weighted by molar-refractivity contribution is 7.13. The molecule has 0 bridgehead atoms. The molecule has 4 heteroatoms. The van der Waals surface area contributed by atoms with E-state index in [0.29, 0.717) is 6.54 Å². The van der Waals surface area contributed by atoms with Crippen molar-refractivity contribution in [2.24, 2.45) is 12.8 Å². The summed E-state index contributed by atoms with van der Waals surface area (Å²) in [5.74, 6) is 0. The fraction of sp³-hybridized carbons (Fsp3) is 0.300. The molecule has 0 aliphatic rings. The monoisotopic (exact) mass is 207 g/mol. The second-order valence-corrected chi connectivity index (χ2v) is 4.16. The number of hydrogen-bond acceptors (Lipinski definition) is 3. The highest BCUT2D eigenvalue weighted by atomic mass is 32.1. The standard InChI is InChI=1S/C10H13N3S/c1-7-10(9-4-3-5-14-9)8(6-11)12-13(7)2/h3-5H,6,11H2,1-2H3. The summed E-state index contributed by atoms with van der Waals surface area (Å²) >= 11 is 1.72. The first-order chi connectivity index (χ1) is 6.74. The lowest BCUT2D eigenvalue weighted by molar-refractivity contribution is 0.721. The van der Waals surface area contributed by atoms with Gasteiger partial charge in [-0.3, -0.25) is 4.68 Å². The molecule has 0 spiro atoms. The second kappa shape index (κ2) is 3.55. The average molecular weight is 207 g/mol. The summed E-state index contributed by atoms with van der Waals surface area (Å²) in [5.41, 5.74) is 9.02. The molecule has 2 heterocycles. The van der Waals surface area contributed by atoms with Gasteiger partial charge in [0.1, 0.15) is 0 Å². The van der Waals surface area contributed by atoms with Crippen LogP contribution in [0.5, 0.6) is 0 Å². The maximum absolute atomic E-state index is 5.67. The minimum absolute atomic E-state index is 0.495. The van der Waals surface area contributed by atoms with Gasteiger partial charge in [0.2, 0.25) is 0 Å². The lowest BCUT2D eigenvalue weighted by Gasteiger charge is -1.98. The Labute approximate surface area is 87.2 Å². The Morgan fingerprint density at radius 1 is 1.57 bits per heavy atom. The van der Waals surface area contributed by atoms with Crippen molar-refractivity contribution in [3.63, 3.8) is 0 Å². The molecule has 2 aromatic heterocycles. The van der Waals surface area contributed by atoms with Gasteiger partial charge in [-0.25, -0.2) is 0 Å². The molecule has 0 aromatic carbocycles. The van der Waals surface area contributed by atoms with Gasteiger partial charge in [-0.1, -0.05) is 6.07 Å². The smallest absolute Gasteiger partial charge is 0.0849 e. The largest absolute Gasteiger partial charge is 0.325 e. The molecule has 0 fully saturated rings. The van der Waals surface area contributed by atoms with Gasteiger partial charge >= 0.3 is 0 Å². The van der Waals surface area contributed by atoms with E-state index in [9.17, 15) is 0 Å². The van der Waals surface area contributed by atoms with Crippen molar-refractivity contribution in [2.45, 2.75) is 13.5 Å². The highest BCUT2D eigenvalue weighted by Crippen LogP contribution is 2.30. The van der Waals surface area contributed by atoms with Crippen LogP contribution >= 0.6 is 11.3 Å². The number of aryl methyl sites for hydroxylation is 1. The Morgan fingerprint density at radius 2 is 2.36 bits per heavy atom. The summed E-state index contributed by atoms with van der Waals surface area (Å²) in [6.07, 6.45) is 0. The van der Waals surface area contributed by atoms with Crippen molar-refractivity contribution in [3.05, 3.63) is 28.9 Å². The third-order valence-corrected chi connectivity index (χ3v) is 3.25. The molecular weight excluding hydrogens is 194 g/mol. The van der Waals surface area contributed by atoms with Gasteiger partial charge in [-0.2, -0.15) is 5.10 Å². The Hall–Kier alpha value is -1.13. The molecular formula is C10H13N3S. The second-order valence-electron chi connectivity index (χ2n) is 3.21. The Bertz CT molecular complexity index is 428. The predicted molar refractivity (Wildman–Crippen MR) is 59.1 cm³/mol. The van der Waals surface area contributed by atoms with Crippen LogP contribution < -0.4 is 5.73 Å². The van der Waals surface area contributed by atoms with Crippen LogP contribution in [0.25, 0.3) is 10.4 Å². The van der Waals surface area contributed by atoms with Crippen LogP contribution in [0.15, 0.2) is 17.5 Å². The third kappa shape index (κ3) is 1.36. The van der Waals surface area contributed by atoms with Crippen LogP contribution in [-0.2, 0) is 13.6 Å². The average Bonchev–Trinajstić information content (AvgIpc) is 2.76. The summed E-state index contributed by atoms with van der Waals surface area (Å²) in [6, 6.07) is 4.15. The predicted octanol–water partition coefficient (Wildman–Crippen LogP) is 1.92. The number of nitrogens with two attached hydrogens (primary N) is 1. The normalized spacial score (nSPS) is 10.8.